The zero-order valence-corrected chi connectivity index (χ0v) is 18.3. The zero-order valence-electron chi connectivity index (χ0n) is 16.7. The number of methoxy groups -OCH3 is 3. The second-order valence-corrected chi connectivity index (χ2v) is 7.92. The van der Waals surface area contributed by atoms with Crippen LogP contribution in [0.15, 0.2) is 38.0 Å². The Morgan fingerprint density at radius 2 is 1.83 bits per heavy atom. The molecule has 0 unspecified atom stereocenters. The van der Waals surface area contributed by atoms with Gasteiger partial charge >= 0.3 is 0 Å². The third kappa shape index (κ3) is 3.73. The first kappa shape index (κ1) is 20.2. The molecule has 30 heavy (non-hydrogen) atoms. The van der Waals surface area contributed by atoms with Crippen molar-refractivity contribution in [3.05, 3.63) is 45.3 Å². The maximum Gasteiger partial charge on any atom is 0.277 e. The van der Waals surface area contributed by atoms with Gasteiger partial charge < -0.3 is 18.6 Å². The largest absolute Gasteiger partial charge is 0.493 e. The Morgan fingerprint density at radius 3 is 2.50 bits per heavy atom. The molecule has 0 aliphatic carbocycles. The van der Waals surface area contributed by atoms with Crippen LogP contribution in [-0.4, -0.2) is 40.9 Å². The lowest BCUT2D eigenvalue weighted by Crippen LogP contribution is -2.14. The fraction of sp³-hybridized carbons (Fsp3) is 0.263. The third-order valence-electron chi connectivity index (χ3n) is 4.29. The second kappa shape index (κ2) is 8.36. The van der Waals surface area contributed by atoms with Gasteiger partial charge in [0.2, 0.25) is 11.6 Å². The number of hydrogen-bond donors (Lipinski definition) is 0. The summed E-state index contributed by atoms with van der Waals surface area (Å²) in [6.07, 6.45) is 0. The van der Waals surface area contributed by atoms with E-state index >= 15 is 0 Å². The van der Waals surface area contributed by atoms with Crippen LogP contribution < -0.4 is 19.8 Å². The molecular weight excluding hydrogens is 428 g/mol. The first-order valence-electron chi connectivity index (χ1n) is 8.77. The van der Waals surface area contributed by atoms with Crippen molar-refractivity contribution in [3.8, 4) is 28.7 Å². The Labute approximate surface area is 179 Å². The van der Waals surface area contributed by atoms with Crippen LogP contribution >= 0.6 is 23.1 Å². The van der Waals surface area contributed by atoms with Crippen LogP contribution in [0.1, 0.15) is 11.4 Å². The number of thioether (sulfide) groups is 1. The van der Waals surface area contributed by atoms with Crippen molar-refractivity contribution in [2.75, 3.05) is 21.3 Å². The summed E-state index contributed by atoms with van der Waals surface area (Å²) in [7, 11) is 4.62. The van der Waals surface area contributed by atoms with Crippen molar-refractivity contribution in [1.29, 1.82) is 0 Å². The molecule has 0 amide bonds. The van der Waals surface area contributed by atoms with Gasteiger partial charge in [0.1, 0.15) is 0 Å². The van der Waals surface area contributed by atoms with Crippen LogP contribution in [0.3, 0.4) is 0 Å². The molecule has 0 atom stereocenters. The number of aromatic nitrogens is 4. The van der Waals surface area contributed by atoms with E-state index in [1.807, 2.05) is 12.3 Å². The molecule has 4 rings (SSSR count). The van der Waals surface area contributed by atoms with Crippen molar-refractivity contribution in [3.63, 3.8) is 0 Å². The van der Waals surface area contributed by atoms with Crippen molar-refractivity contribution in [2.24, 2.45) is 0 Å². The van der Waals surface area contributed by atoms with Gasteiger partial charge in [-0.3, -0.25) is 9.20 Å². The van der Waals surface area contributed by atoms with E-state index in [-0.39, 0.29) is 5.56 Å². The van der Waals surface area contributed by atoms with Crippen LogP contribution in [0.25, 0.3) is 16.4 Å². The molecule has 1 aromatic carbocycles. The Morgan fingerprint density at radius 1 is 1.10 bits per heavy atom. The van der Waals surface area contributed by atoms with Crippen molar-refractivity contribution < 1.29 is 18.6 Å². The Kier molecular flexibility index (Phi) is 5.64. The molecule has 0 saturated heterocycles. The average molecular weight is 447 g/mol. The van der Waals surface area contributed by atoms with Crippen LogP contribution in [0.5, 0.6) is 17.2 Å². The van der Waals surface area contributed by atoms with Gasteiger partial charge in [0.15, 0.2) is 16.5 Å². The van der Waals surface area contributed by atoms with Gasteiger partial charge in [0.05, 0.1) is 27.0 Å². The smallest absolute Gasteiger partial charge is 0.277 e. The Balaban J connectivity index is 1.56. The van der Waals surface area contributed by atoms with Gasteiger partial charge in [-0.1, -0.05) is 11.8 Å². The van der Waals surface area contributed by atoms with Crippen LogP contribution in [0, 0.1) is 6.92 Å². The highest BCUT2D eigenvalue weighted by Crippen LogP contribution is 2.41. The fourth-order valence-corrected chi connectivity index (χ4v) is 4.45. The minimum absolute atomic E-state index is 0.0991. The normalized spacial score (nSPS) is 11.1. The minimum Gasteiger partial charge on any atom is -0.493 e. The van der Waals surface area contributed by atoms with Gasteiger partial charge in [-0.25, -0.2) is 4.98 Å². The Hall–Kier alpha value is -3.05. The van der Waals surface area contributed by atoms with Crippen molar-refractivity contribution >= 4 is 28.1 Å². The molecule has 11 heteroatoms. The number of nitrogens with zero attached hydrogens (tertiary/aromatic N) is 4. The van der Waals surface area contributed by atoms with Crippen LogP contribution in [-0.2, 0) is 5.75 Å². The lowest BCUT2D eigenvalue weighted by molar-refractivity contribution is 0.324. The summed E-state index contributed by atoms with van der Waals surface area (Å²) >= 11 is 2.74. The molecule has 0 N–H and O–H groups in total. The third-order valence-corrected chi connectivity index (χ3v) is 6.09. The van der Waals surface area contributed by atoms with Crippen LogP contribution in [0.4, 0.5) is 0 Å². The molecule has 0 fully saturated rings. The van der Waals surface area contributed by atoms with Gasteiger partial charge in [-0.2, -0.15) is 0 Å². The number of fused-ring (bicyclic) bond motifs is 1. The number of thiazole rings is 1. The van der Waals surface area contributed by atoms with Crippen molar-refractivity contribution in [2.45, 2.75) is 17.9 Å². The summed E-state index contributed by atoms with van der Waals surface area (Å²) in [6, 6.07) is 4.99. The second-order valence-electron chi connectivity index (χ2n) is 6.16. The van der Waals surface area contributed by atoms with Gasteiger partial charge in [0.25, 0.3) is 10.8 Å². The molecule has 9 nitrogen and oxygen atoms in total. The number of hydrogen-bond acceptors (Lipinski definition) is 10. The number of benzene rings is 1. The topological polar surface area (TPSA) is 101 Å². The summed E-state index contributed by atoms with van der Waals surface area (Å²) in [5.41, 5.74) is 2.06. The molecular formula is C19H18N4O5S2. The van der Waals surface area contributed by atoms with E-state index in [1.54, 1.807) is 16.5 Å². The monoisotopic (exact) mass is 446 g/mol. The van der Waals surface area contributed by atoms with Gasteiger partial charge in [0, 0.05) is 28.5 Å². The van der Waals surface area contributed by atoms with Gasteiger partial charge in [-0.15, -0.1) is 21.5 Å². The first-order chi connectivity index (χ1) is 14.5. The minimum atomic E-state index is -0.0991. The van der Waals surface area contributed by atoms with E-state index in [4.69, 9.17) is 18.6 Å². The summed E-state index contributed by atoms with van der Waals surface area (Å²) in [4.78, 5) is 17.5. The van der Waals surface area contributed by atoms with E-state index in [2.05, 4.69) is 15.2 Å². The Bertz CT molecular complexity index is 1240. The predicted molar refractivity (Wildman–Crippen MR) is 113 cm³/mol. The SMILES string of the molecule is COc1cc(-c2nnc(SCc3cc(=O)n4c(C)csc4n3)o2)cc(OC)c1OC. The van der Waals surface area contributed by atoms with E-state index in [1.165, 1.54) is 50.5 Å². The summed E-state index contributed by atoms with van der Waals surface area (Å²) in [6.45, 7) is 1.88. The lowest BCUT2D eigenvalue weighted by atomic mass is 10.2. The molecule has 0 saturated carbocycles. The maximum absolute atomic E-state index is 12.3. The van der Waals surface area contributed by atoms with Crippen molar-refractivity contribution in [1.82, 2.24) is 19.6 Å². The standard InChI is InChI=1S/C19H18N4O5S2/c1-10-8-29-18-20-12(7-15(24)23(10)18)9-30-19-22-21-17(28-19)11-5-13(25-2)16(27-4)14(6-11)26-3/h5-8H,9H2,1-4H3. The molecule has 3 heterocycles. The fourth-order valence-electron chi connectivity index (χ4n) is 2.90. The van der Waals surface area contributed by atoms with Crippen LogP contribution in [0.2, 0.25) is 0 Å². The molecule has 0 aliphatic rings. The zero-order chi connectivity index (χ0) is 21.3. The molecule has 4 aromatic rings. The maximum atomic E-state index is 12.3. The van der Waals surface area contributed by atoms with E-state index < -0.39 is 0 Å². The highest BCUT2D eigenvalue weighted by atomic mass is 32.2. The number of rotatable bonds is 7. The van der Waals surface area contributed by atoms with E-state index in [0.717, 1.165) is 5.69 Å². The summed E-state index contributed by atoms with van der Waals surface area (Å²) < 4.78 is 23.4. The molecule has 3 aromatic heterocycles. The molecule has 0 bridgehead atoms. The summed E-state index contributed by atoms with van der Waals surface area (Å²) in [5.74, 6) is 2.20. The highest BCUT2D eigenvalue weighted by molar-refractivity contribution is 7.98. The van der Waals surface area contributed by atoms with E-state index in [0.29, 0.717) is 50.3 Å². The molecule has 0 radical (unpaired) electrons. The lowest BCUT2D eigenvalue weighted by Gasteiger charge is -2.12. The van der Waals surface area contributed by atoms with E-state index in [9.17, 15) is 4.79 Å². The molecule has 0 aliphatic heterocycles. The quantitative estimate of drug-likeness (QED) is 0.395. The highest BCUT2D eigenvalue weighted by Gasteiger charge is 2.18. The average Bonchev–Trinajstić information content (AvgIpc) is 3.38. The number of ether oxygens (including phenoxy) is 3. The molecule has 0 spiro atoms. The molecule has 156 valence electrons. The predicted octanol–water partition coefficient (Wildman–Crippen LogP) is 3.43. The van der Waals surface area contributed by atoms with Gasteiger partial charge in [-0.05, 0) is 19.1 Å². The number of aryl methyl sites for hydroxylation is 1. The summed E-state index contributed by atoms with van der Waals surface area (Å²) in [5, 5.41) is 10.4. The first-order valence-corrected chi connectivity index (χ1v) is 10.6.